The van der Waals surface area contributed by atoms with Gasteiger partial charge in [-0.25, -0.2) is 0 Å². The Labute approximate surface area is 85.7 Å². The second-order valence-corrected chi connectivity index (χ2v) is 3.85. The summed E-state index contributed by atoms with van der Waals surface area (Å²) in [6.07, 6.45) is 5.72. The van der Waals surface area contributed by atoms with Gasteiger partial charge in [0.05, 0.1) is 10.4 Å². The molecule has 2 nitrogen and oxygen atoms in total. The van der Waals surface area contributed by atoms with Crippen molar-refractivity contribution in [1.82, 2.24) is 9.69 Å². The summed E-state index contributed by atoms with van der Waals surface area (Å²) in [4.78, 5) is 0. The van der Waals surface area contributed by atoms with Crippen LogP contribution in [-0.2, 0) is 0 Å². The molecule has 0 atom stereocenters. The number of rotatable bonds is 1. The van der Waals surface area contributed by atoms with Gasteiger partial charge in [0.1, 0.15) is 5.69 Å². The fraction of sp³-hybridized carbons (Fsp3) is 0. The molecule has 1 aromatic heterocycles. The number of hydrogen-bond acceptors (Lipinski definition) is 2. The van der Waals surface area contributed by atoms with Crippen molar-refractivity contribution in [2.24, 2.45) is 0 Å². The van der Waals surface area contributed by atoms with Gasteiger partial charge < -0.3 is 0 Å². The van der Waals surface area contributed by atoms with Crippen LogP contribution in [0, 0.1) is 0 Å². The third-order valence-corrected chi connectivity index (χ3v) is 3.00. The van der Waals surface area contributed by atoms with Gasteiger partial charge in [-0.05, 0) is 29.8 Å². The number of benzene rings is 1. The van der Waals surface area contributed by atoms with Gasteiger partial charge >= 0.3 is 0 Å². The number of allylic oxidation sites excluding steroid dienone is 2. The van der Waals surface area contributed by atoms with Crippen LogP contribution in [0.25, 0.3) is 15.8 Å². The van der Waals surface area contributed by atoms with Crippen LogP contribution < -0.4 is 5.32 Å². The molecule has 0 N–H and O–H groups in total. The van der Waals surface area contributed by atoms with Crippen molar-refractivity contribution in [2.45, 2.75) is 0 Å². The first-order chi connectivity index (χ1) is 6.95. The van der Waals surface area contributed by atoms with Gasteiger partial charge in [0.15, 0.2) is 0 Å². The Morgan fingerprint density at radius 3 is 2.93 bits per heavy atom. The van der Waals surface area contributed by atoms with E-state index < -0.39 is 0 Å². The van der Waals surface area contributed by atoms with Gasteiger partial charge in [-0.2, -0.15) is 4.37 Å². The second kappa shape index (κ2) is 2.96. The Bertz CT molecular complexity index is 537. The van der Waals surface area contributed by atoms with Gasteiger partial charge in [-0.15, -0.1) is 0 Å². The van der Waals surface area contributed by atoms with Crippen molar-refractivity contribution in [3.8, 4) is 0 Å². The maximum atomic E-state index is 4.42. The summed E-state index contributed by atoms with van der Waals surface area (Å²) in [5, 5.41) is 5.44. The third-order valence-electron chi connectivity index (χ3n) is 2.17. The summed E-state index contributed by atoms with van der Waals surface area (Å²) >= 11 is 1.52. The minimum Gasteiger partial charge on any atom is -0.255 e. The van der Waals surface area contributed by atoms with Crippen molar-refractivity contribution in [2.75, 3.05) is 0 Å². The molecule has 0 spiro atoms. The van der Waals surface area contributed by atoms with Crippen LogP contribution in [-0.4, -0.2) is 4.37 Å². The van der Waals surface area contributed by atoms with E-state index in [4.69, 9.17) is 0 Å². The molecule has 3 rings (SSSR count). The van der Waals surface area contributed by atoms with Gasteiger partial charge in [0.2, 0.25) is 0 Å². The Hall–Kier alpha value is -1.61. The van der Waals surface area contributed by atoms with Gasteiger partial charge in [0, 0.05) is 11.6 Å². The van der Waals surface area contributed by atoms with E-state index in [9.17, 15) is 0 Å². The predicted molar refractivity (Wildman–Crippen MR) is 58.9 cm³/mol. The molecule has 0 saturated carbocycles. The van der Waals surface area contributed by atoms with Crippen LogP contribution in [0.1, 0.15) is 5.69 Å². The molecule has 3 heteroatoms. The summed E-state index contributed by atoms with van der Waals surface area (Å²) in [6, 6.07) is 8.23. The highest BCUT2D eigenvalue weighted by molar-refractivity contribution is 7.13. The molecule has 0 bridgehead atoms. The van der Waals surface area contributed by atoms with E-state index >= 15 is 0 Å². The smallest absolute Gasteiger partial charge is 0.110 e. The molecule has 0 saturated heterocycles. The summed E-state index contributed by atoms with van der Waals surface area (Å²) in [7, 11) is 0. The summed E-state index contributed by atoms with van der Waals surface area (Å²) < 4.78 is 5.63. The zero-order valence-corrected chi connectivity index (χ0v) is 8.16. The van der Waals surface area contributed by atoms with Crippen molar-refractivity contribution >= 4 is 27.3 Å². The molecule has 2 aromatic rings. The number of hydrogen-bond donors (Lipinski definition) is 0. The molecular weight excluding hydrogens is 192 g/mol. The Balaban J connectivity index is 2.22. The Morgan fingerprint density at radius 1 is 1.14 bits per heavy atom. The quantitative estimate of drug-likeness (QED) is 0.693. The van der Waals surface area contributed by atoms with Gasteiger partial charge in [0.25, 0.3) is 0 Å². The molecule has 0 fully saturated rings. The molecular formula is C11H7N2S. The lowest BCUT2D eigenvalue weighted by atomic mass is 10.2. The van der Waals surface area contributed by atoms with Gasteiger partial charge in [-0.3, -0.25) is 5.32 Å². The highest BCUT2D eigenvalue weighted by atomic mass is 32.1. The molecule has 0 aliphatic carbocycles. The lowest BCUT2D eigenvalue weighted by Crippen LogP contribution is -1.91. The van der Waals surface area contributed by atoms with Crippen LogP contribution in [0.3, 0.4) is 0 Å². The average Bonchev–Trinajstić information content (AvgIpc) is 2.85. The minimum absolute atomic E-state index is 0.961. The van der Waals surface area contributed by atoms with Crippen LogP contribution in [0.15, 0.2) is 42.6 Å². The van der Waals surface area contributed by atoms with Crippen LogP contribution in [0.5, 0.6) is 0 Å². The summed E-state index contributed by atoms with van der Waals surface area (Å²) in [5.41, 5.74) is 1.96. The largest absolute Gasteiger partial charge is 0.255 e. The molecule has 0 unspecified atom stereocenters. The number of fused-ring (bicyclic) bond motifs is 1. The van der Waals surface area contributed by atoms with E-state index in [1.54, 1.807) is 6.20 Å². The van der Waals surface area contributed by atoms with E-state index in [-0.39, 0.29) is 0 Å². The summed E-state index contributed by atoms with van der Waals surface area (Å²) in [5.74, 6) is 0. The topological polar surface area (TPSA) is 27.0 Å². The molecule has 2 heterocycles. The molecule has 1 aromatic carbocycles. The fourth-order valence-corrected chi connectivity index (χ4v) is 2.30. The highest BCUT2D eigenvalue weighted by Gasteiger charge is 2.11. The van der Waals surface area contributed by atoms with E-state index in [0.29, 0.717) is 0 Å². The number of nitrogens with zero attached hydrogens (tertiary/aromatic N) is 2. The maximum Gasteiger partial charge on any atom is 0.110 e. The second-order valence-electron chi connectivity index (χ2n) is 3.05. The van der Waals surface area contributed by atoms with E-state index in [1.165, 1.54) is 21.6 Å². The van der Waals surface area contributed by atoms with Crippen molar-refractivity contribution in [1.29, 1.82) is 0 Å². The lowest BCUT2D eigenvalue weighted by Gasteiger charge is -1.96. The first-order valence-corrected chi connectivity index (χ1v) is 5.15. The van der Waals surface area contributed by atoms with Crippen molar-refractivity contribution in [3.05, 3.63) is 48.3 Å². The fourth-order valence-electron chi connectivity index (χ4n) is 1.51. The monoisotopic (exact) mass is 199 g/mol. The molecule has 1 aliphatic rings. The van der Waals surface area contributed by atoms with Crippen LogP contribution in [0.2, 0.25) is 0 Å². The molecule has 1 aliphatic heterocycles. The van der Waals surface area contributed by atoms with E-state index in [2.05, 4.69) is 21.8 Å². The maximum absolute atomic E-state index is 4.42. The molecule has 0 amide bonds. The third kappa shape index (κ3) is 1.06. The van der Waals surface area contributed by atoms with Crippen molar-refractivity contribution in [3.63, 3.8) is 0 Å². The standard InChI is InChI=1S/C11H7N2S/c1-2-6-10-8(4-1)11(13-14-10)9-5-3-7-12-9/h1-7H. The molecule has 1 radical (unpaired) electrons. The zero-order valence-electron chi connectivity index (χ0n) is 7.34. The average molecular weight is 199 g/mol. The lowest BCUT2D eigenvalue weighted by molar-refractivity contribution is 1.21. The van der Waals surface area contributed by atoms with E-state index in [1.807, 2.05) is 24.3 Å². The predicted octanol–water partition coefficient (Wildman–Crippen LogP) is 2.77. The molecule has 67 valence electrons. The zero-order chi connectivity index (χ0) is 9.38. The van der Waals surface area contributed by atoms with Crippen molar-refractivity contribution < 1.29 is 0 Å². The Kier molecular flexibility index (Phi) is 1.64. The molecule has 14 heavy (non-hydrogen) atoms. The van der Waals surface area contributed by atoms with Gasteiger partial charge in [-0.1, -0.05) is 18.2 Å². The van der Waals surface area contributed by atoms with Crippen LogP contribution in [0.4, 0.5) is 0 Å². The minimum atomic E-state index is 0.961. The summed E-state index contributed by atoms with van der Waals surface area (Å²) in [6.45, 7) is 0. The Morgan fingerprint density at radius 2 is 2.07 bits per heavy atom. The normalized spacial score (nSPS) is 14.4. The highest BCUT2D eigenvalue weighted by Crippen LogP contribution is 2.27. The first kappa shape index (κ1) is 7.76. The first-order valence-electron chi connectivity index (χ1n) is 4.37. The van der Waals surface area contributed by atoms with Crippen LogP contribution >= 0.6 is 11.5 Å². The number of aromatic nitrogens is 1. The van der Waals surface area contributed by atoms with E-state index in [0.717, 1.165) is 11.4 Å². The SMILES string of the molecule is C1=C[N]C(c2nsc3ccccc23)=C1.